The third kappa shape index (κ3) is 7.57. The molecule has 0 aromatic heterocycles. The van der Waals surface area contributed by atoms with E-state index in [-0.39, 0.29) is 19.2 Å². The average Bonchev–Trinajstić information content (AvgIpc) is 2.30. The van der Waals surface area contributed by atoms with Crippen molar-refractivity contribution in [3.63, 3.8) is 0 Å². The molecule has 0 bridgehead atoms. The summed E-state index contributed by atoms with van der Waals surface area (Å²) in [6, 6.07) is -0.262. The Balaban J connectivity index is 3.70. The Kier molecular flexibility index (Phi) is 8.13. The normalized spacial score (nSPS) is 11.9. The summed E-state index contributed by atoms with van der Waals surface area (Å²) in [5, 5.41) is 19.8. The topological polar surface area (TPSA) is 89.9 Å². The van der Waals surface area contributed by atoms with E-state index in [1.807, 2.05) is 0 Å². The van der Waals surface area contributed by atoms with Gasteiger partial charge in [0.25, 0.3) is 0 Å². The molecule has 2 amide bonds. The highest BCUT2D eigenvalue weighted by molar-refractivity contribution is 5.75. The third-order valence-electron chi connectivity index (χ3n) is 2.48. The first-order valence-corrected chi connectivity index (χ1v) is 5.81. The standard InChI is InChI=1S/C11H22N2O4/c1-9(10(15)16)8-12-11(17)13(2)6-4-3-5-7-14/h9,14H,3-8H2,1-2H3,(H,12,17)(H,15,16). The Labute approximate surface area is 102 Å². The predicted molar refractivity (Wildman–Crippen MR) is 63.8 cm³/mol. The minimum Gasteiger partial charge on any atom is -0.481 e. The minimum absolute atomic E-state index is 0.134. The van der Waals surface area contributed by atoms with Crippen molar-refractivity contribution in [1.29, 1.82) is 0 Å². The number of nitrogens with zero attached hydrogens (tertiary/aromatic N) is 1. The van der Waals surface area contributed by atoms with Crippen molar-refractivity contribution >= 4 is 12.0 Å². The first-order chi connectivity index (χ1) is 7.99. The van der Waals surface area contributed by atoms with Crippen molar-refractivity contribution in [2.75, 3.05) is 26.7 Å². The number of urea groups is 1. The molecular weight excluding hydrogens is 224 g/mol. The summed E-state index contributed by atoms with van der Waals surface area (Å²) in [7, 11) is 1.67. The number of carbonyl (C=O) groups excluding carboxylic acids is 1. The van der Waals surface area contributed by atoms with E-state index >= 15 is 0 Å². The number of aliphatic carboxylic acids is 1. The second-order valence-electron chi connectivity index (χ2n) is 4.13. The fourth-order valence-corrected chi connectivity index (χ4v) is 1.20. The monoisotopic (exact) mass is 246 g/mol. The lowest BCUT2D eigenvalue weighted by Gasteiger charge is -2.18. The van der Waals surface area contributed by atoms with E-state index in [9.17, 15) is 9.59 Å². The van der Waals surface area contributed by atoms with Gasteiger partial charge in [0, 0.05) is 26.7 Å². The largest absolute Gasteiger partial charge is 0.481 e. The molecule has 0 aromatic carbocycles. The zero-order chi connectivity index (χ0) is 13.3. The van der Waals surface area contributed by atoms with Crippen molar-refractivity contribution in [1.82, 2.24) is 10.2 Å². The Morgan fingerprint density at radius 3 is 2.47 bits per heavy atom. The molecule has 6 heteroatoms. The number of amides is 2. The van der Waals surface area contributed by atoms with Gasteiger partial charge in [0.05, 0.1) is 5.92 Å². The predicted octanol–water partition coefficient (Wildman–Crippen LogP) is 0.511. The van der Waals surface area contributed by atoms with E-state index in [1.165, 1.54) is 4.90 Å². The molecule has 0 spiro atoms. The first kappa shape index (κ1) is 15.7. The molecule has 0 radical (unpaired) electrons. The molecule has 6 nitrogen and oxygen atoms in total. The number of carboxylic acid groups (broad SMARTS) is 1. The van der Waals surface area contributed by atoms with Crippen LogP contribution < -0.4 is 5.32 Å². The maximum atomic E-state index is 11.5. The number of nitrogens with one attached hydrogen (secondary N) is 1. The lowest BCUT2D eigenvalue weighted by molar-refractivity contribution is -0.140. The quantitative estimate of drug-likeness (QED) is 0.544. The van der Waals surface area contributed by atoms with Gasteiger partial charge in [-0.25, -0.2) is 4.79 Å². The van der Waals surface area contributed by atoms with Crippen LogP contribution in [0.25, 0.3) is 0 Å². The number of hydrogen-bond acceptors (Lipinski definition) is 3. The molecule has 0 heterocycles. The number of hydrogen-bond donors (Lipinski definition) is 3. The van der Waals surface area contributed by atoms with Gasteiger partial charge in [0.2, 0.25) is 0 Å². The van der Waals surface area contributed by atoms with Crippen molar-refractivity contribution in [3.8, 4) is 0 Å². The third-order valence-corrected chi connectivity index (χ3v) is 2.48. The molecule has 0 fully saturated rings. The number of carboxylic acids is 1. The second-order valence-corrected chi connectivity index (χ2v) is 4.13. The van der Waals surface area contributed by atoms with Gasteiger partial charge in [-0.3, -0.25) is 4.79 Å². The van der Waals surface area contributed by atoms with Gasteiger partial charge in [-0.2, -0.15) is 0 Å². The Bertz CT molecular complexity index is 246. The summed E-state index contributed by atoms with van der Waals surface area (Å²) in [6.07, 6.45) is 2.45. The van der Waals surface area contributed by atoms with E-state index in [1.54, 1.807) is 14.0 Å². The van der Waals surface area contributed by atoms with Gasteiger partial charge >= 0.3 is 12.0 Å². The maximum Gasteiger partial charge on any atom is 0.317 e. The summed E-state index contributed by atoms with van der Waals surface area (Å²) in [4.78, 5) is 23.6. The maximum absolute atomic E-state index is 11.5. The molecule has 0 aromatic rings. The van der Waals surface area contributed by atoms with E-state index in [0.717, 1.165) is 19.3 Å². The summed E-state index contributed by atoms with van der Waals surface area (Å²) < 4.78 is 0. The molecule has 0 saturated carbocycles. The number of unbranched alkanes of at least 4 members (excludes halogenated alkanes) is 2. The molecule has 1 unspecified atom stereocenters. The molecule has 0 aliphatic rings. The van der Waals surface area contributed by atoms with Gasteiger partial charge in [-0.1, -0.05) is 6.92 Å². The molecule has 3 N–H and O–H groups in total. The van der Waals surface area contributed by atoms with Gasteiger partial charge in [-0.05, 0) is 19.3 Å². The average molecular weight is 246 g/mol. The Hall–Kier alpha value is -1.30. The highest BCUT2D eigenvalue weighted by Crippen LogP contribution is 1.98. The highest BCUT2D eigenvalue weighted by Gasteiger charge is 2.13. The summed E-state index contributed by atoms with van der Waals surface area (Å²) in [5.41, 5.74) is 0. The molecular formula is C11H22N2O4. The van der Waals surface area contributed by atoms with Crippen LogP contribution in [0.2, 0.25) is 0 Å². The van der Waals surface area contributed by atoms with Crippen LogP contribution >= 0.6 is 0 Å². The van der Waals surface area contributed by atoms with Crippen LogP contribution in [0.15, 0.2) is 0 Å². The molecule has 100 valence electrons. The van der Waals surface area contributed by atoms with E-state index in [2.05, 4.69) is 5.32 Å². The van der Waals surface area contributed by atoms with Crippen LogP contribution in [0.3, 0.4) is 0 Å². The smallest absolute Gasteiger partial charge is 0.317 e. The van der Waals surface area contributed by atoms with Gasteiger partial charge in [-0.15, -0.1) is 0 Å². The molecule has 1 atom stereocenters. The van der Waals surface area contributed by atoms with Crippen LogP contribution in [0.4, 0.5) is 4.79 Å². The molecule has 17 heavy (non-hydrogen) atoms. The lowest BCUT2D eigenvalue weighted by Crippen LogP contribution is -2.40. The van der Waals surface area contributed by atoms with Gasteiger partial charge in [0.15, 0.2) is 0 Å². The zero-order valence-electron chi connectivity index (χ0n) is 10.5. The van der Waals surface area contributed by atoms with Gasteiger partial charge < -0.3 is 20.4 Å². The molecule has 0 rings (SSSR count). The second kappa shape index (κ2) is 8.81. The number of aliphatic hydroxyl groups excluding tert-OH is 1. The Morgan fingerprint density at radius 2 is 1.94 bits per heavy atom. The zero-order valence-corrected chi connectivity index (χ0v) is 10.5. The van der Waals surface area contributed by atoms with E-state index in [0.29, 0.717) is 6.54 Å². The van der Waals surface area contributed by atoms with E-state index < -0.39 is 11.9 Å². The fourth-order valence-electron chi connectivity index (χ4n) is 1.20. The van der Waals surface area contributed by atoms with Crippen LogP contribution in [-0.4, -0.2) is 53.9 Å². The lowest BCUT2D eigenvalue weighted by atomic mass is 10.2. The van der Waals surface area contributed by atoms with Crippen molar-refractivity contribution in [2.45, 2.75) is 26.2 Å². The Morgan fingerprint density at radius 1 is 1.29 bits per heavy atom. The van der Waals surface area contributed by atoms with Crippen LogP contribution in [0.1, 0.15) is 26.2 Å². The van der Waals surface area contributed by atoms with Crippen molar-refractivity contribution in [2.24, 2.45) is 5.92 Å². The summed E-state index contributed by atoms with van der Waals surface area (Å²) in [5.74, 6) is -1.50. The van der Waals surface area contributed by atoms with Crippen LogP contribution in [-0.2, 0) is 4.79 Å². The number of rotatable bonds is 8. The van der Waals surface area contributed by atoms with E-state index in [4.69, 9.17) is 10.2 Å². The fraction of sp³-hybridized carbons (Fsp3) is 0.818. The van der Waals surface area contributed by atoms with Crippen LogP contribution in [0, 0.1) is 5.92 Å². The van der Waals surface area contributed by atoms with Crippen molar-refractivity contribution in [3.05, 3.63) is 0 Å². The molecule has 0 saturated heterocycles. The molecule has 0 aliphatic carbocycles. The van der Waals surface area contributed by atoms with Crippen LogP contribution in [0.5, 0.6) is 0 Å². The number of carbonyl (C=O) groups is 2. The van der Waals surface area contributed by atoms with Crippen molar-refractivity contribution < 1.29 is 19.8 Å². The number of aliphatic hydroxyl groups is 1. The highest BCUT2D eigenvalue weighted by atomic mass is 16.4. The first-order valence-electron chi connectivity index (χ1n) is 5.81. The van der Waals surface area contributed by atoms with Gasteiger partial charge in [0.1, 0.15) is 0 Å². The minimum atomic E-state index is -0.920. The molecule has 0 aliphatic heterocycles. The SMILES string of the molecule is CC(CNC(=O)N(C)CCCCCO)C(=O)O. The summed E-state index contributed by atoms with van der Waals surface area (Å²) >= 11 is 0. The summed E-state index contributed by atoms with van der Waals surface area (Å²) in [6.45, 7) is 2.46.